The normalized spacial score (nSPS) is 10.3. The number of thioether (sulfide) groups is 1. The van der Waals surface area contributed by atoms with Crippen molar-refractivity contribution in [1.82, 2.24) is 0 Å². The fraction of sp³-hybridized carbons (Fsp3) is 0.133. The zero-order chi connectivity index (χ0) is 14.4. The molecular formula is C15H13Cl2NOS. The van der Waals surface area contributed by atoms with Crippen LogP contribution in [0.1, 0.15) is 6.42 Å². The van der Waals surface area contributed by atoms with Gasteiger partial charge >= 0.3 is 0 Å². The standard InChI is InChI=1S/C15H13Cl2NOS/c16-11-6-7-13(17)14(10-11)18-15(19)8-9-20-12-4-2-1-3-5-12/h1-7,10H,8-9H2,(H,18,19). The van der Waals surface area contributed by atoms with E-state index in [1.807, 2.05) is 30.3 Å². The molecule has 0 unspecified atom stereocenters. The molecule has 0 heterocycles. The molecule has 0 radical (unpaired) electrons. The van der Waals surface area contributed by atoms with Gasteiger partial charge in [0, 0.05) is 22.1 Å². The first-order valence-electron chi connectivity index (χ1n) is 6.08. The maximum Gasteiger partial charge on any atom is 0.225 e. The van der Waals surface area contributed by atoms with Crippen LogP contribution >= 0.6 is 35.0 Å². The second-order valence-electron chi connectivity index (χ2n) is 4.08. The first kappa shape index (κ1) is 15.2. The van der Waals surface area contributed by atoms with E-state index in [2.05, 4.69) is 5.32 Å². The van der Waals surface area contributed by atoms with Gasteiger partial charge in [-0.2, -0.15) is 0 Å². The van der Waals surface area contributed by atoms with E-state index in [9.17, 15) is 4.79 Å². The lowest BCUT2D eigenvalue weighted by atomic mass is 10.3. The lowest BCUT2D eigenvalue weighted by Gasteiger charge is -2.07. The highest BCUT2D eigenvalue weighted by Crippen LogP contribution is 2.25. The summed E-state index contributed by atoms with van der Waals surface area (Å²) in [6.07, 6.45) is 0.419. The number of benzene rings is 2. The van der Waals surface area contributed by atoms with Gasteiger partial charge in [-0.3, -0.25) is 4.79 Å². The van der Waals surface area contributed by atoms with Crippen LogP contribution in [-0.2, 0) is 4.79 Å². The number of carbonyl (C=O) groups excluding carboxylic acids is 1. The number of hydrogen-bond donors (Lipinski definition) is 1. The van der Waals surface area contributed by atoms with Crippen LogP contribution in [-0.4, -0.2) is 11.7 Å². The Bertz CT molecular complexity index is 590. The number of rotatable bonds is 5. The summed E-state index contributed by atoms with van der Waals surface area (Å²) in [6, 6.07) is 15.0. The first-order chi connectivity index (χ1) is 9.65. The van der Waals surface area contributed by atoms with Gasteiger partial charge in [0.25, 0.3) is 0 Å². The Hall–Kier alpha value is -1.16. The van der Waals surface area contributed by atoms with E-state index in [-0.39, 0.29) is 5.91 Å². The number of hydrogen-bond acceptors (Lipinski definition) is 2. The number of nitrogens with one attached hydrogen (secondary N) is 1. The molecule has 20 heavy (non-hydrogen) atoms. The first-order valence-corrected chi connectivity index (χ1v) is 7.82. The average molecular weight is 326 g/mol. The van der Waals surface area contributed by atoms with Crippen molar-refractivity contribution in [2.24, 2.45) is 0 Å². The third-order valence-corrected chi connectivity index (χ3v) is 4.12. The minimum absolute atomic E-state index is 0.0717. The quantitative estimate of drug-likeness (QED) is 0.773. The van der Waals surface area contributed by atoms with Crippen molar-refractivity contribution in [3.63, 3.8) is 0 Å². The van der Waals surface area contributed by atoms with E-state index in [1.165, 1.54) is 0 Å². The van der Waals surface area contributed by atoms with E-state index in [4.69, 9.17) is 23.2 Å². The largest absolute Gasteiger partial charge is 0.325 e. The van der Waals surface area contributed by atoms with Gasteiger partial charge in [0.2, 0.25) is 5.91 Å². The van der Waals surface area contributed by atoms with Gasteiger partial charge in [-0.15, -0.1) is 11.8 Å². The molecule has 2 rings (SSSR count). The van der Waals surface area contributed by atoms with Gasteiger partial charge in [0.15, 0.2) is 0 Å². The molecule has 104 valence electrons. The SMILES string of the molecule is O=C(CCSc1ccccc1)Nc1cc(Cl)ccc1Cl. The minimum atomic E-state index is -0.0717. The second kappa shape index (κ2) is 7.58. The third-order valence-electron chi connectivity index (χ3n) is 2.54. The number of carbonyl (C=O) groups is 1. The van der Waals surface area contributed by atoms with Crippen LogP contribution in [0.2, 0.25) is 10.0 Å². The molecule has 0 atom stereocenters. The van der Waals surface area contributed by atoms with Crippen molar-refractivity contribution in [2.75, 3.05) is 11.1 Å². The van der Waals surface area contributed by atoms with Crippen molar-refractivity contribution in [3.05, 3.63) is 58.6 Å². The van der Waals surface area contributed by atoms with Gasteiger partial charge in [-0.25, -0.2) is 0 Å². The average Bonchev–Trinajstić information content (AvgIpc) is 2.44. The smallest absolute Gasteiger partial charge is 0.225 e. The molecule has 2 aromatic rings. The van der Waals surface area contributed by atoms with Crippen LogP contribution in [0.25, 0.3) is 0 Å². The van der Waals surface area contributed by atoms with E-state index in [0.29, 0.717) is 27.9 Å². The fourth-order valence-electron chi connectivity index (χ4n) is 1.58. The predicted octanol–water partition coefficient (Wildman–Crippen LogP) is 5.11. The Labute approximate surface area is 132 Å². The lowest BCUT2D eigenvalue weighted by molar-refractivity contribution is -0.115. The molecule has 2 aromatic carbocycles. The van der Waals surface area contributed by atoms with Crippen LogP contribution in [0.15, 0.2) is 53.4 Å². The van der Waals surface area contributed by atoms with Crippen LogP contribution in [0.5, 0.6) is 0 Å². The molecule has 0 aliphatic carbocycles. The zero-order valence-electron chi connectivity index (χ0n) is 10.6. The zero-order valence-corrected chi connectivity index (χ0v) is 12.9. The highest BCUT2D eigenvalue weighted by Gasteiger charge is 2.06. The predicted molar refractivity (Wildman–Crippen MR) is 86.9 cm³/mol. The van der Waals surface area contributed by atoms with Gasteiger partial charge in [-0.05, 0) is 30.3 Å². The summed E-state index contributed by atoms with van der Waals surface area (Å²) in [5.74, 6) is 0.645. The molecule has 0 bridgehead atoms. The van der Waals surface area contributed by atoms with Gasteiger partial charge in [0.05, 0.1) is 10.7 Å². The second-order valence-corrected chi connectivity index (χ2v) is 6.10. The molecule has 0 aliphatic rings. The van der Waals surface area contributed by atoms with Crippen molar-refractivity contribution in [3.8, 4) is 0 Å². The molecule has 1 amide bonds. The minimum Gasteiger partial charge on any atom is -0.325 e. The summed E-state index contributed by atoms with van der Waals surface area (Å²) in [4.78, 5) is 13.0. The van der Waals surface area contributed by atoms with Crippen LogP contribution in [0.4, 0.5) is 5.69 Å². The number of anilines is 1. The molecule has 0 aliphatic heterocycles. The van der Waals surface area contributed by atoms with Crippen molar-refractivity contribution < 1.29 is 4.79 Å². The Balaban J connectivity index is 1.82. The molecule has 0 saturated heterocycles. The molecule has 0 spiro atoms. The topological polar surface area (TPSA) is 29.1 Å². The van der Waals surface area contributed by atoms with Crippen molar-refractivity contribution in [2.45, 2.75) is 11.3 Å². The van der Waals surface area contributed by atoms with E-state index in [0.717, 1.165) is 4.90 Å². The maximum atomic E-state index is 11.8. The summed E-state index contributed by atoms with van der Waals surface area (Å²) >= 11 is 13.5. The van der Waals surface area contributed by atoms with Crippen LogP contribution in [0.3, 0.4) is 0 Å². The molecule has 5 heteroatoms. The monoisotopic (exact) mass is 325 g/mol. The summed E-state index contributed by atoms with van der Waals surface area (Å²) in [5, 5.41) is 3.80. The molecule has 0 aromatic heterocycles. The Morgan fingerprint density at radius 3 is 2.60 bits per heavy atom. The van der Waals surface area contributed by atoms with Crippen molar-refractivity contribution >= 4 is 46.6 Å². The summed E-state index contributed by atoms with van der Waals surface area (Å²) in [7, 11) is 0. The maximum absolute atomic E-state index is 11.8. The highest BCUT2D eigenvalue weighted by atomic mass is 35.5. The molecule has 0 fully saturated rings. The Kier molecular flexibility index (Phi) is 5.77. The molecule has 0 saturated carbocycles. The van der Waals surface area contributed by atoms with E-state index in [1.54, 1.807) is 30.0 Å². The number of amides is 1. The number of halogens is 2. The van der Waals surface area contributed by atoms with Crippen LogP contribution in [0, 0.1) is 0 Å². The van der Waals surface area contributed by atoms with Crippen molar-refractivity contribution in [1.29, 1.82) is 0 Å². The summed E-state index contributed by atoms with van der Waals surface area (Å²) < 4.78 is 0. The molecule has 1 N–H and O–H groups in total. The molecule has 2 nitrogen and oxygen atoms in total. The van der Waals surface area contributed by atoms with Gasteiger partial charge < -0.3 is 5.32 Å². The highest BCUT2D eigenvalue weighted by molar-refractivity contribution is 7.99. The van der Waals surface area contributed by atoms with Crippen LogP contribution < -0.4 is 5.32 Å². The molecular weight excluding hydrogens is 313 g/mol. The fourth-order valence-corrected chi connectivity index (χ4v) is 2.79. The van der Waals surface area contributed by atoms with E-state index < -0.39 is 0 Å². The summed E-state index contributed by atoms with van der Waals surface area (Å²) in [5.41, 5.74) is 0.550. The van der Waals surface area contributed by atoms with Gasteiger partial charge in [0.1, 0.15) is 0 Å². The third kappa shape index (κ3) is 4.75. The summed E-state index contributed by atoms with van der Waals surface area (Å²) in [6.45, 7) is 0. The van der Waals surface area contributed by atoms with E-state index >= 15 is 0 Å². The van der Waals surface area contributed by atoms with Gasteiger partial charge in [-0.1, -0.05) is 41.4 Å². The lowest BCUT2D eigenvalue weighted by Crippen LogP contribution is -2.12. The Morgan fingerprint density at radius 2 is 1.85 bits per heavy atom. The Morgan fingerprint density at radius 1 is 1.10 bits per heavy atom.